The van der Waals surface area contributed by atoms with E-state index < -0.39 is 0 Å². The molecular weight excluding hydrogens is 336 g/mol. The van der Waals surface area contributed by atoms with E-state index in [0.717, 1.165) is 19.4 Å². The first-order valence-corrected chi connectivity index (χ1v) is 8.70. The average Bonchev–Trinajstić information content (AvgIpc) is 3.15. The van der Waals surface area contributed by atoms with Crippen LogP contribution in [0.5, 0.6) is 11.5 Å². The second-order valence-corrected chi connectivity index (χ2v) is 6.36. The van der Waals surface area contributed by atoms with Gasteiger partial charge in [0.1, 0.15) is 18.1 Å². The summed E-state index contributed by atoms with van der Waals surface area (Å²) in [6.45, 7) is 2.29. The Morgan fingerprint density at radius 2 is 2.15 bits per heavy atom. The molecule has 1 aliphatic rings. The number of piperidine rings is 1. The molecule has 1 aliphatic heterocycles. The van der Waals surface area contributed by atoms with Gasteiger partial charge >= 0.3 is 0 Å². The van der Waals surface area contributed by atoms with E-state index in [1.54, 1.807) is 26.4 Å². The van der Waals surface area contributed by atoms with E-state index in [1.165, 1.54) is 0 Å². The van der Waals surface area contributed by atoms with Crippen LogP contribution in [0.1, 0.15) is 29.1 Å². The number of amides is 1. The predicted molar refractivity (Wildman–Crippen MR) is 94.3 cm³/mol. The molecule has 0 spiro atoms. The van der Waals surface area contributed by atoms with E-state index in [1.807, 2.05) is 23.1 Å². The number of hydrogen-bond donors (Lipinski definition) is 0. The van der Waals surface area contributed by atoms with E-state index in [9.17, 15) is 4.79 Å². The normalized spacial score (nSPS) is 17.2. The monoisotopic (exact) mass is 360 g/mol. The summed E-state index contributed by atoms with van der Waals surface area (Å²) in [6, 6.07) is 8.94. The summed E-state index contributed by atoms with van der Waals surface area (Å²) in [5.41, 5.74) is 0.312. The molecule has 7 heteroatoms. The topological polar surface area (TPSA) is 74.0 Å². The Kier molecular flexibility index (Phi) is 6.12. The molecule has 1 aromatic carbocycles. The Morgan fingerprint density at radius 1 is 1.31 bits per heavy atom. The highest BCUT2D eigenvalue weighted by molar-refractivity contribution is 5.92. The second kappa shape index (κ2) is 8.71. The molecule has 0 bridgehead atoms. The zero-order valence-electron chi connectivity index (χ0n) is 15.1. The van der Waals surface area contributed by atoms with Crippen molar-refractivity contribution in [3.63, 3.8) is 0 Å². The fraction of sp³-hybridized carbons (Fsp3) is 0.474. The number of benzene rings is 1. The average molecular weight is 360 g/mol. The summed E-state index contributed by atoms with van der Waals surface area (Å²) in [5.74, 6) is 2.14. The number of likely N-dealkylation sites (tertiary alicyclic amines) is 1. The van der Waals surface area contributed by atoms with Gasteiger partial charge in [0.25, 0.3) is 5.91 Å². The Bertz CT molecular complexity index is 728. The van der Waals surface area contributed by atoms with Crippen LogP contribution in [0.25, 0.3) is 0 Å². The van der Waals surface area contributed by atoms with Crippen molar-refractivity contribution >= 4 is 5.91 Å². The zero-order chi connectivity index (χ0) is 18.4. The van der Waals surface area contributed by atoms with Gasteiger partial charge in [0.15, 0.2) is 11.5 Å². The molecule has 2 aromatic rings. The van der Waals surface area contributed by atoms with Crippen LogP contribution >= 0.6 is 0 Å². The number of rotatable bonds is 7. The predicted octanol–water partition coefficient (Wildman–Crippen LogP) is 2.76. The van der Waals surface area contributed by atoms with Crippen molar-refractivity contribution in [2.24, 2.45) is 5.92 Å². The van der Waals surface area contributed by atoms with Gasteiger partial charge in [0.2, 0.25) is 0 Å². The van der Waals surface area contributed by atoms with Crippen LogP contribution in [-0.4, -0.2) is 49.9 Å². The number of ether oxygens (including phenoxy) is 3. The van der Waals surface area contributed by atoms with Gasteiger partial charge in [-0.25, -0.2) is 0 Å². The van der Waals surface area contributed by atoms with Gasteiger partial charge < -0.3 is 23.6 Å². The fourth-order valence-electron chi connectivity index (χ4n) is 3.11. The molecule has 7 nitrogen and oxygen atoms in total. The third-order valence-corrected chi connectivity index (χ3v) is 4.41. The molecule has 0 aliphatic carbocycles. The lowest BCUT2D eigenvalue weighted by Gasteiger charge is -2.31. The third kappa shape index (κ3) is 4.54. The maximum Gasteiger partial charge on any atom is 0.276 e. The van der Waals surface area contributed by atoms with Gasteiger partial charge in [0, 0.05) is 32.3 Å². The number of carbonyl (C=O) groups is 1. The van der Waals surface area contributed by atoms with Gasteiger partial charge in [-0.1, -0.05) is 11.2 Å². The largest absolute Gasteiger partial charge is 0.497 e. The van der Waals surface area contributed by atoms with Crippen LogP contribution in [0, 0.1) is 5.92 Å². The van der Waals surface area contributed by atoms with Crippen molar-refractivity contribution in [2.45, 2.75) is 19.4 Å². The fourth-order valence-corrected chi connectivity index (χ4v) is 3.11. The highest BCUT2D eigenvalue weighted by Crippen LogP contribution is 2.21. The first kappa shape index (κ1) is 18.3. The van der Waals surface area contributed by atoms with Crippen molar-refractivity contribution in [1.29, 1.82) is 0 Å². The Labute approximate surface area is 152 Å². The summed E-state index contributed by atoms with van der Waals surface area (Å²) in [5, 5.41) is 3.91. The lowest BCUT2D eigenvalue weighted by molar-refractivity contribution is 0.0561. The molecule has 2 heterocycles. The number of carbonyl (C=O) groups excluding carboxylic acids is 1. The molecule has 1 saturated heterocycles. The van der Waals surface area contributed by atoms with E-state index in [-0.39, 0.29) is 12.5 Å². The van der Waals surface area contributed by atoms with Crippen LogP contribution in [0.4, 0.5) is 0 Å². The van der Waals surface area contributed by atoms with Crippen LogP contribution in [0.15, 0.2) is 34.9 Å². The minimum atomic E-state index is -0.109. The van der Waals surface area contributed by atoms with E-state index in [2.05, 4.69) is 5.16 Å². The summed E-state index contributed by atoms with van der Waals surface area (Å²) < 4.78 is 21.3. The summed E-state index contributed by atoms with van der Waals surface area (Å²) >= 11 is 0. The molecule has 1 fully saturated rings. The van der Waals surface area contributed by atoms with E-state index in [0.29, 0.717) is 42.0 Å². The standard InChI is InChI=1S/C19H24N2O5/c1-23-12-14-5-4-8-21(11-14)19(22)18-10-17(26-20-18)13-25-16-7-3-6-15(9-16)24-2/h3,6-7,9-10,14H,4-5,8,11-13H2,1-2H3. The molecule has 0 N–H and O–H groups in total. The van der Waals surface area contributed by atoms with Crippen LogP contribution < -0.4 is 9.47 Å². The van der Waals surface area contributed by atoms with Gasteiger partial charge in [-0.2, -0.15) is 0 Å². The minimum absolute atomic E-state index is 0.109. The highest BCUT2D eigenvalue weighted by atomic mass is 16.5. The maximum absolute atomic E-state index is 12.6. The molecule has 140 valence electrons. The van der Waals surface area contributed by atoms with Crippen LogP contribution in [0.3, 0.4) is 0 Å². The highest BCUT2D eigenvalue weighted by Gasteiger charge is 2.26. The Morgan fingerprint density at radius 3 is 2.96 bits per heavy atom. The smallest absolute Gasteiger partial charge is 0.276 e. The maximum atomic E-state index is 12.6. The molecule has 3 rings (SSSR count). The van der Waals surface area contributed by atoms with Crippen molar-refractivity contribution in [2.75, 3.05) is 33.9 Å². The number of nitrogens with zero attached hydrogens (tertiary/aromatic N) is 2. The minimum Gasteiger partial charge on any atom is -0.497 e. The molecule has 0 radical (unpaired) electrons. The quantitative estimate of drug-likeness (QED) is 0.756. The summed E-state index contributed by atoms with van der Waals surface area (Å²) in [4.78, 5) is 14.4. The van der Waals surface area contributed by atoms with Crippen LogP contribution in [-0.2, 0) is 11.3 Å². The third-order valence-electron chi connectivity index (χ3n) is 4.41. The number of methoxy groups -OCH3 is 2. The van der Waals surface area contributed by atoms with Crippen molar-refractivity contribution in [1.82, 2.24) is 10.1 Å². The molecule has 1 aromatic heterocycles. The van der Waals surface area contributed by atoms with Crippen LogP contribution in [0.2, 0.25) is 0 Å². The first-order chi connectivity index (χ1) is 12.7. The Balaban J connectivity index is 1.57. The van der Waals surface area contributed by atoms with Gasteiger partial charge in [0.05, 0.1) is 13.7 Å². The van der Waals surface area contributed by atoms with Gasteiger partial charge in [-0.05, 0) is 30.9 Å². The van der Waals surface area contributed by atoms with Crippen molar-refractivity contribution in [3.05, 3.63) is 41.8 Å². The summed E-state index contributed by atoms with van der Waals surface area (Å²) in [6.07, 6.45) is 2.06. The Hall–Kier alpha value is -2.54. The van der Waals surface area contributed by atoms with Crippen molar-refractivity contribution < 1.29 is 23.5 Å². The van der Waals surface area contributed by atoms with Gasteiger partial charge in [-0.3, -0.25) is 4.79 Å². The van der Waals surface area contributed by atoms with E-state index >= 15 is 0 Å². The molecule has 1 unspecified atom stereocenters. The molecule has 0 saturated carbocycles. The molecular formula is C19H24N2O5. The van der Waals surface area contributed by atoms with Crippen molar-refractivity contribution in [3.8, 4) is 11.5 Å². The molecule has 26 heavy (non-hydrogen) atoms. The van der Waals surface area contributed by atoms with E-state index in [4.69, 9.17) is 18.7 Å². The lowest BCUT2D eigenvalue weighted by atomic mass is 9.99. The number of hydrogen-bond acceptors (Lipinski definition) is 6. The lowest BCUT2D eigenvalue weighted by Crippen LogP contribution is -2.41. The first-order valence-electron chi connectivity index (χ1n) is 8.70. The molecule has 1 atom stereocenters. The molecule has 1 amide bonds. The second-order valence-electron chi connectivity index (χ2n) is 6.36. The zero-order valence-corrected chi connectivity index (χ0v) is 15.1. The van der Waals surface area contributed by atoms with Gasteiger partial charge in [-0.15, -0.1) is 0 Å². The summed E-state index contributed by atoms with van der Waals surface area (Å²) in [7, 11) is 3.29. The number of aromatic nitrogens is 1. The SMILES string of the molecule is COCC1CCCN(C(=O)c2cc(COc3cccc(OC)c3)on2)C1.